The predicted molar refractivity (Wildman–Crippen MR) is 68.9 cm³/mol. The van der Waals surface area contributed by atoms with Gasteiger partial charge in [-0.25, -0.2) is 4.98 Å². The van der Waals surface area contributed by atoms with Gasteiger partial charge in [0.25, 0.3) is 0 Å². The summed E-state index contributed by atoms with van der Waals surface area (Å²) >= 11 is 0. The van der Waals surface area contributed by atoms with E-state index in [4.69, 9.17) is 4.74 Å². The highest BCUT2D eigenvalue weighted by atomic mass is 16.5. The third-order valence-electron chi connectivity index (χ3n) is 2.61. The maximum atomic E-state index is 11.3. The lowest BCUT2D eigenvalue weighted by Gasteiger charge is -2.07. The zero-order valence-electron chi connectivity index (χ0n) is 10.4. The number of hydrogen-bond acceptors (Lipinski definition) is 3. The summed E-state index contributed by atoms with van der Waals surface area (Å²) in [7, 11) is 0. The number of aryl methyl sites for hydroxylation is 1. The minimum atomic E-state index is -0.176. The highest BCUT2D eigenvalue weighted by Crippen LogP contribution is 2.16. The first-order chi connectivity index (χ1) is 8.81. The van der Waals surface area contributed by atoms with Crippen molar-refractivity contribution >= 4 is 5.97 Å². The lowest BCUT2D eigenvalue weighted by Crippen LogP contribution is -2.09. The summed E-state index contributed by atoms with van der Waals surface area (Å²) in [5, 5.41) is 0. The van der Waals surface area contributed by atoms with Crippen LogP contribution in [0, 0.1) is 0 Å². The van der Waals surface area contributed by atoms with Crippen molar-refractivity contribution in [3.63, 3.8) is 0 Å². The number of carbonyl (C=O) groups is 1. The van der Waals surface area contributed by atoms with Gasteiger partial charge in [-0.1, -0.05) is 30.3 Å². The largest absolute Gasteiger partial charge is 0.466 e. The summed E-state index contributed by atoms with van der Waals surface area (Å²) in [6.45, 7) is 2.82. The summed E-state index contributed by atoms with van der Waals surface area (Å²) in [6.07, 6.45) is 3.99. The van der Waals surface area contributed by atoms with Gasteiger partial charge >= 0.3 is 5.97 Å². The van der Waals surface area contributed by atoms with Crippen LogP contribution in [0.4, 0.5) is 0 Å². The van der Waals surface area contributed by atoms with Gasteiger partial charge in [0.15, 0.2) is 0 Å². The first-order valence-corrected chi connectivity index (χ1v) is 6.03. The van der Waals surface area contributed by atoms with E-state index in [1.807, 2.05) is 48.0 Å². The second kappa shape index (κ2) is 6.00. The van der Waals surface area contributed by atoms with Crippen LogP contribution >= 0.6 is 0 Å². The molecule has 18 heavy (non-hydrogen) atoms. The maximum absolute atomic E-state index is 11.3. The SMILES string of the molecule is CCOC(=O)CCn1ccnc1-c1ccccc1. The van der Waals surface area contributed by atoms with Gasteiger partial charge in [-0.05, 0) is 6.92 Å². The van der Waals surface area contributed by atoms with Gasteiger partial charge in [-0.2, -0.15) is 0 Å². The lowest BCUT2D eigenvalue weighted by molar-refractivity contribution is -0.143. The van der Waals surface area contributed by atoms with Gasteiger partial charge in [-0.15, -0.1) is 0 Å². The molecule has 2 rings (SSSR count). The molecule has 0 unspecified atom stereocenters. The van der Waals surface area contributed by atoms with E-state index in [-0.39, 0.29) is 5.97 Å². The Balaban J connectivity index is 2.07. The van der Waals surface area contributed by atoms with Gasteiger partial charge < -0.3 is 9.30 Å². The molecule has 0 N–H and O–H groups in total. The number of aromatic nitrogens is 2. The van der Waals surface area contributed by atoms with Gasteiger partial charge in [0, 0.05) is 24.5 Å². The highest BCUT2D eigenvalue weighted by molar-refractivity contribution is 5.69. The predicted octanol–water partition coefficient (Wildman–Crippen LogP) is 2.50. The summed E-state index contributed by atoms with van der Waals surface area (Å²) in [6, 6.07) is 9.92. The van der Waals surface area contributed by atoms with Crippen LogP contribution in [0.15, 0.2) is 42.7 Å². The minimum absolute atomic E-state index is 0.176. The topological polar surface area (TPSA) is 44.1 Å². The van der Waals surface area contributed by atoms with Gasteiger partial charge in [0.05, 0.1) is 13.0 Å². The van der Waals surface area contributed by atoms with Crippen molar-refractivity contribution in [2.75, 3.05) is 6.61 Å². The standard InChI is InChI=1S/C14H16N2O2/c1-2-18-13(17)8-10-16-11-9-15-14(16)12-6-4-3-5-7-12/h3-7,9,11H,2,8,10H2,1H3. The van der Waals surface area contributed by atoms with Crippen LogP contribution in [0.25, 0.3) is 11.4 Å². The van der Waals surface area contributed by atoms with Gasteiger partial charge in [-0.3, -0.25) is 4.79 Å². The molecule has 1 aromatic heterocycles. The van der Waals surface area contributed by atoms with Crippen molar-refractivity contribution in [2.45, 2.75) is 19.9 Å². The van der Waals surface area contributed by atoms with Crippen molar-refractivity contribution in [1.29, 1.82) is 0 Å². The van der Waals surface area contributed by atoms with Crippen molar-refractivity contribution in [1.82, 2.24) is 9.55 Å². The molecule has 0 aliphatic carbocycles. The number of hydrogen-bond donors (Lipinski definition) is 0. The van der Waals surface area contributed by atoms with E-state index in [1.54, 1.807) is 6.20 Å². The molecule has 2 aromatic rings. The summed E-state index contributed by atoms with van der Waals surface area (Å²) in [4.78, 5) is 15.7. The van der Waals surface area contributed by atoms with Crippen molar-refractivity contribution < 1.29 is 9.53 Å². The lowest BCUT2D eigenvalue weighted by atomic mass is 10.2. The monoisotopic (exact) mass is 244 g/mol. The van der Waals surface area contributed by atoms with Crippen LogP contribution < -0.4 is 0 Å². The van der Waals surface area contributed by atoms with E-state index in [0.29, 0.717) is 19.6 Å². The molecule has 0 saturated heterocycles. The van der Waals surface area contributed by atoms with Crippen molar-refractivity contribution in [2.24, 2.45) is 0 Å². The zero-order chi connectivity index (χ0) is 12.8. The van der Waals surface area contributed by atoms with Crippen molar-refractivity contribution in [3.8, 4) is 11.4 Å². The van der Waals surface area contributed by atoms with E-state index in [2.05, 4.69) is 4.98 Å². The molecule has 0 aliphatic heterocycles. The van der Waals surface area contributed by atoms with E-state index < -0.39 is 0 Å². The number of nitrogens with zero attached hydrogens (tertiary/aromatic N) is 2. The average Bonchev–Trinajstić information content (AvgIpc) is 2.86. The average molecular weight is 244 g/mol. The van der Waals surface area contributed by atoms with Crippen LogP contribution in [-0.4, -0.2) is 22.1 Å². The Labute approximate surface area is 106 Å². The molecule has 94 valence electrons. The second-order valence-corrected chi connectivity index (χ2v) is 3.87. The first-order valence-electron chi connectivity index (χ1n) is 6.03. The maximum Gasteiger partial charge on any atom is 0.307 e. The number of benzene rings is 1. The summed E-state index contributed by atoms with van der Waals surface area (Å²) in [5.41, 5.74) is 1.05. The van der Waals surface area contributed by atoms with E-state index >= 15 is 0 Å². The smallest absolute Gasteiger partial charge is 0.307 e. The minimum Gasteiger partial charge on any atom is -0.466 e. The molecule has 0 aliphatic rings. The van der Waals surface area contributed by atoms with Crippen LogP contribution in [-0.2, 0) is 16.1 Å². The number of carbonyl (C=O) groups excluding carboxylic acids is 1. The number of imidazole rings is 1. The molecular weight excluding hydrogens is 228 g/mol. The number of ether oxygens (including phenoxy) is 1. The van der Waals surface area contributed by atoms with Crippen LogP contribution in [0.5, 0.6) is 0 Å². The molecular formula is C14H16N2O2. The summed E-state index contributed by atoms with van der Waals surface area (Å²) < 4.78 is 6.88. The van der Waals surface area contributed by atoms with E-state index in [0.717, 1.165) is 11.4 Å². The number of rotatable bonds is 5. The van der Waals surface area contributed by atoms with Gasteiger partial charge in [0.1, 0.15) is 5.82 Å². The quantitative estimate of drug-likeness (QED) is 0.759. The Morgan fingerprint density at radius 1 is 1.33 bits per heavy atom. The third-order valence-corrected chi connectivity index (χ3v) is 2.61. The fraction of sp³-hybridized carbons (Fsp3) is 0.286. The van der Waals surface area contributed by atoms with E-state index in [1.165, 1.54) is 0 Å². The molecule has 1 heterocycles. The Hall–Kier alpha value is -2.10. The molecule has 0 atom stereocenters. The number of esters is 1. The first kappa shape index (κ1) is 12.4. The molecule has 0 spiro atoms. The van der Waals surface area contributed by atoms with Gasteiger partial charge in [0.2, 0.25) is 0 Å². The molecule has 0 bridgehead atoms. The normalized spacial score (nSPS) is 10.3. The molecule has 0 fully saturated rings. The third kappa shape index (κ3) is 2.97. The van der Waals surface area contributed by atoms with Crippen LogP contribution in [0.2, 0.25) is 0 Å². The molecule has 0 radical (unpaired) electrons. The molecule has 4 nitrogen and oxygen atoms in total. The van der Waals surface area contributed by atoms with Crippen LogP contribution in [0.3, 0.4) is 0 Å². The fourth-order valence-electron chi connectivity index (χ4n) is 1.78. The van der Waals surface area contributed by atoms with Crippen LogP contribution in [0.1, 0.15) is 13.3 Å². The molecule has 1 aromatic carbocycles. The van der Waals surface area contributed by atoms with Crippen molar-refractivity contribution in [3.05, 3.63) is 42.7 Å². The summed E-state index contributed by atoms with van der Waals surface area (Å²) in [5.74, 6) is 0.699. The van der Waals surface area contributed by atoms with E-state index in [9.17, 15) is 4.79 Å². The molecule has 0 saturated carbocycles. The Morgan fingerprint density at radius 3 is 2.83 bits per heavy atom. The molecule has 0 amide bonds. The Kier molecular flexibility index (Phi) is 4.12. The zero-order valence-corrected chi connectivity index (χ0v) is 10.4. The second-order valence-electron chi connectivity index (χ2n) is 3.87. The fourth-order valence-corrected chi connectivity index (χ4v) is 1.78. The molecule has 4 heteroatoms. The highest BCUT2D eigenvalue weighted by Gasteiger charge is 2.07. The Morgan fingerprint density at radius 2 is 2.11 bits per heavy atom. The Bertz CT molecular complexity index is 506.